The van der Waals surface area contributed by atoms with Crippen molar-refractivity contribution in [1.82, 2.24) is 0 Å². The summed E-state index contributed by atoms with van der Waals surface area (Å²) in [5.74, 6) is 1.86. The number of alkyl halides is 2. The second-order valence-corrected chi connectivity index (χ2v) is 4.53. The molecule has 0 saturated heterocycles. The molecule has 0 spiro atoms. The van der Waals surface area contributed by atoms with E-state index in [1.807, 2.05) is 30.3 Å². The van der Waals surface area contributed by atoms with Crippen LogP contribution >= 0.6 is 23.2 Å². The zero-order valence-electron chi connectivity index (χ0n) is 10.1. The lowest BCUT2D eigenvalue weighted by atomic mass is 10.0. The summed E-state index contributed by atoms with van der Waals surface area (Å²) in [6.45, 7) is 0. The van der Waals surface area contributed by atoms with Gasteiger partial charge in [-0.1, -0.05) is 36.4 Å². The summed E-state index contributed by atoms with van der Waals surface area (Å²) >= 11 is 11.6. The minimum absolute atomic E-state index is 0.488. The number of ether oxygens (including phenoxy) is 1. The smallest absolute Gasteiger partial charge is 0.126 e. The van der Waals surface area contributed by atoms with Crippen LogP contribution in [0.4, 0.5) is 0 Å². The number of methoxy groups -OCH3 is 1. The Labute approximate surface area is 117 Å². The first-order valence-corrected chi connectivity index (χ1v) is 6.73. The lowest BCUT2D eigenvalue weighted by Crippen LogP contribution is -1.90. The highest BCUT2D eigenvalue weighted by Gasteiger charge is 2.06. The molecule has 2 rings (SSSR count). The SMILES string of the molecule is COc1cc(CCl)ccc1-c1ccc(CCl)cc1. The average molecular weight is 281 g/mol. The van der Waals surface area contributed by atoms with Gasteiger partial charge < -0.3 is 4.74 Å². The van der Waals surface area contributed by atoms with Crippen molar-refractivity contribution in [3.63, 3.8) is 0 Å². The molecule has 0 N–H and O–H groups in total. The van der Waals surface area contributed by atoms with Crippen LogP contribution in [0.15, 0.2) is 42.5 Å². The third-order valence-corrected chi connectivity index (χ3v) is 3.46. The normalized spacial score (nSPS) is 10.4. The monoisotopic (exact) mass is 280 g/mol. The van der Waals surface area contributed by atoms with E-state index < -0.39 is 0 Å². The Morgan fingerprint density at radius 2 is 1.50 bits per heavy atom. The lowest BCUT2D eigenvalue weighted by Gasteiger charge is -2.10. The molecule has 0 amide bonds. The van der Waals surface area contributed by atoms with Gasteiger partial charge >= 0.3 is 0 Å². The highest BCUT2D eigenvalue weighted by molar-refractivity contribution is 6.17. The van der Waals surface area contributed by atoms with Gasteiger partial charge in [-0.05, 0) is 22.8 Å². The maximum absolute atomic E-state index is 5.82. The molecule has 2 aromatic carbocycles. The zero-order chi connectivity index (χ0) is 13.0. The van der Waals surface area contributed by atoms with Gasteiger partial charge in [-0.15, -0.1) is 23.2 Å². The molecule has 0 aliphatic rings. The lowest BCUT2D eigenvalue weighted by molar-refractivity contribution is 0.416. The first-order chi connectivity index (χ1) is 8.78. The molecule has 0 unspecified atom stereocenters. The van der Waals surface area contributed by atoms with Crippen LogP contribution in [0.5, 0.6) is 5.75 Å². The van der Waals surface area contributed by atoms with E-state index in [1.165, 1.54) is 0 Å². The molecule has 0 bridgehead atoms. The molecule has 0 aromatic heterocycles. The van der Waals surface area contributed by atoms with Crippen LogP contribution in [0.2, 0.25) is 0 Å². The summed E-state index contributed by atoms with van der Waals surface area (Å²) in [6.07, 6.45) is 0. The van der Waals surface area contributed by atoms with Crippen LogP contribution < -0.4 is 4.74 Å². The molecule has 3 heteroatoms. The molecule has 0 saturated carbocycles. The van der Waals surface area contributed by atoms with Gasteiger partial charge in [0.2, 0.25) is 0 Å². The molecule has 0 heterocycles. The first-order valence-electron chi connectivity index (χ1n) is 5.66. The van der Waals surface area contributed by atoms with Crippen molar-refractivity contribution in [3.05, 3.63) is 53.6 Å². The zero-order valence-corrected chi connectivity index (χ0v) is 11.6. The van der Waals surface area contributed by atoms with Crippen LogP contribution in [0, 0.1) is 0 Å². The predicted octanol–water partition coefficient (Wildman–Crippen LogP) is 4.84. The van der Waals surface area contributed by atoms with E-state index in [-0.39, 0.29) is 0 Å². The number of benzene rings is 2. The molecule has 2 aromatic rings. The minimum Gasteiger partial charge on any atom is -0.496 e. The van der Waals surface area contributed by atoms with Crippen LogP contribution in [0.1, 0.15) is 11.1 Å². The van der Waals surface area contributed by atoms with Gasteiger partial charge in [0.25, 0.3) is 0 Å². The Morgan fingerprint density at radius 1 is 0.889 bits per heavy atom. The van der Waals surface area contributed by atoms with Crippen molar-refractivity contribution in [3.8, 4) is 16.9 Å². The molecule has 0 radical (unpaired) electrons. The molecule has 94 valence electrons. The molecule has 0 aliphatic heterocycles. The van der Waals surface area contributed by atoms with Crippen molar-refractivity contribution in [2.75, 3.05) is 7.11 Å². The van der Waals surface area contributed by atoms with E-state index in [2.05, 4.69) is 12.1 Å². The van der Waals surface area contributed by atoms with Crippen LogP contribution in [0.3, 0.4) is 0 Å². The predicted molar refractivity (Wildman–Crippen MR) is 77.5 cm³/mol. The van der Waals surface area contributed by atoms with Gasteiger partial charge in [0.1, 0.15) is 5.75 Å². The van der Waals surface area contributed by atoms with Gasteiger partial charge in [-0.25, -0.2) is 0 Å². The molecule has 18 heavy (non-hydrogen) atoms. The largest absolute Gasteiger partial charge is 0.496 e. The van der Waals surface area contributed by atoms with Crippen molar-refractivity contribution in [2.45, 2.75) is 11.8 Å². The van der Waals surface area contributed by atoms with Crippen molar-refractivity contribution < 1.29 is 4.74 Å². The average Bonchev–Trinajstić information content (AvgIpc) is 2.46. The van der Waals surface area contributed by atoms with Crippen molar-refractivity contribution in [2.24, 2.45) is 0 Å². The highest BCUT2D eigenvalue weighted by Crippen LogP contribution is 2.31. The van der Waals surface area contributed by atoms with Gasteiger partial charge in [0.05, 0.1) is 7.11 Å². The summed E-state index contributed by atoms with van der Waals surface area (Å²) in [7, 11) is 1.67. The third-order valence-electron chi connectivity index (χ3n) is 2.84. The van der Waals surface area contributed by atoms with Crippen LogP contribution in [-0.4, -0.2) is 7.11 Å². The number of rotatable bonds is 4. The molecule has 0 fully saturated rings. The van der Waals surface area contributed by atoms with Crippen LogP contribution in [-0.2, 0) is 11.8 Å². The van der Waals surface area contributed by atoms with E-state index in [9.17, 15) is 0 Å². The Kier molecular flexibility index (Phi) is 4.51. The van der Waals surface area contributed by atoms with E-state index in [4.69, 9.17) is 27.9 Å². The van der Waals surface area contributed by atoms with E-state index in [0.29, 0.717) is 11.8 Å². The second kappa shape index (κ2) is 6.12. The van der Waals surface area contributed by atoms with Gasteiger partial charge in [-0.3, -0.25) is 0 Å². The topological polar surface area (TPSA) is 9.23 Å². The van der Waals surface area contributed by atoms with Crippen molar-refractivity contribution in [1.29, 1.82) is 0 Å². The minimum atomic E-state index is 0.488. The fourth-order valence-electron chi connectivity index (χ4n) is 1.83. The van der Waals surface area contributed by atoms with Gasteiger partial charge in [0.15, 0.2) is 0 Å². The van der Waals surface area contributed by atoms with Crippen molar-refractivity contribution >= 4 is 23.2 Å². The Hall–Kier alpha value is -1.18. The van der Waals surface area contributed by atoms with E-state index >= 15 is 0 Å². The first kappa shape index (κ1) is 13.3. The summed E-state index contributed by atoms with van der Waals surface area (Å²) in [5, 5.41) is 0. The second-order valence-electron chi connectivity index (χ2n) is 4.00. The molecular formula is C15H14Cl2O. The molecule has 0 atom stereocenters. The molecule has 0 aliphatic carbocycles. The summed E-state index contributed by atoms with van der Waals surface area (Å²) < 4.78 is 5.41. The summed E-state index contributed by atoms with van der Waals surface area (Å²) in [5.41, 5.74) is 4.33. The standard InChI is InChI=1S/C15H14Cl2O/c1-18-15-8-12(10-17)4-7-14(15)13-5-2-11(9-16)3-6-13/h2-8H,9-10H2,1H3. The maximum Gasteiger partial charge on any atom is 0.126 e. The van der Waals surface area contributed by atoms with Gasteiger partial charge in [0, 0.05) is 17.3 Å². The fourth-order valence-corrected chi connectivity index (χ4v) is 2.18. The molecule has 1 nitrogen and oxygen atoms in total. The number of hydrogen-bond acceptors (Lipinski definition) is 1. The van der Waals surface area contributed by atoms with Crippen LogP contribution in [0.25, 0.3) is 11.1 Å². The summed E-state index contributed by atoms with van der Waals surface area (Å²) in [4.78, 5) is 0. The number of hydrogen-bond donors (Lipinski definition) is 0. The van der Waals surface area contributed by atoms with E-state index in [0.717, 1.165) is 28.0 Å². The molecular weight excluding hydrogens is 267 g/mol. The number of halogens is 2. The van der Waals surface area contributed by atoms with Gasteiger partial charge in [-0.2, -0.15) is 0 Å². The maximum atomic E-state index is 5.82. The quantitative estimate of drug-likeness (QED) is 0.729. The Morgan fingerprint density at radius 3 is 2.06 bits per heavy atom. The fraction of sp³-hybridized carbons (Fsp3) is 0.200. The summed E-state index contributed by atoms with van der Waals surface area (Å²) in [6, 6.07) is 14.2. The Balaban J connectivity index is 2.42. The highest BCUT2D eigenvalue weighted by atomic mass is 35.5. The van der Waals surface area contributed by atoms with E-state index in [1.54, 1.807) is 7.11 Å². The Bertz CT molecular complexity index is 521. The third kappa shape index (κ3) is 2.80.